The van der Waals surface area contributed by atoms with E-state index in [1.165, 1.54) is 13.3 Å². The minimum absolute atomic E-state index is 0.238. The zero-order valence-electron chi connectivity index (χ0n) is 16.0. The molecule has 0 saturated heterocycles. The molecule has 0 bridgehead atoms. The Morgan fingerprint density at radius 1 is 1.04 bits per heavy atom. The summed E-state index contributed by atoms with van der Waals surface area (Å²) in [5.41, 5.74) is 1.98. The maximum absolute atomic E-state index is 12.3. The number of ether oxygens (including phenoxy) is 1. The lowest BCUT2D eigenvalue weighted by Gasteiger charge is -2.10. The Morgan fingerprint density at radius 3 is 2.39 bits per heavy atom. The van der Waals surface area contributed by atoms with Crippen LogP contribution in [0.4, 0.5) is 23.0 Å². The molecule has 0 saturated carbocycles. The van der Waals surface area contributed by atoms with E-state index in [0.29, 0.717) is 28.8 Å². The van der Waals surface area contributed by atoms with Gasteiger partial charge in [0.2, 0.25) is 5.88 Å². The van der Waals surface area contributed by atoms with Crippen molar-refractivity contribution in [2.45, 2.75) is 13.8 Å². The molecule has 0 aliphatic carbocycles. The summed E-state index contributed by atoms with van der Waals surface area (Å²) >= 11 is 0. The molecule has 0 spiro atoms. The first-order valence-corrected chi connectivity index (χ1v) is 8.85. The monoisotopic (exact) mass is 378 g/mol. The molecule has 8 nitrogen and oxygen atoms in total. The van der Waals surface area contributed by atoms with Crippen LogP contribution in [0.3, 0.4) is 0 Å². The number of aromatic nitrogens is 3. The topological polar surface area (TPSA) is 101 Å². The number of anilines is 4. The van der Waals surface area contributed by atoms with Gasteiger partial charge in [-0.25, -0.2) is 15.0 Å². The summed E-state index contributed by atoms with van der Waals surface area (Å²) < 4.78 is 4.99. The minimum atomic E-state index is -0.238. The molecule has 3 rings (SSSR count). The fourth-order valence-corrected chi connectivity index (χ4v) is 2.53. The van der Waals surface area contributed by atoms with Crippen molar-refractivity contribution in [3.05, 3.63) is 60.0 Å². The second kappa shape index (κ2) is 8.81. The fraction of sp³-hybridized carbons (Fsp3) is 0.200. The molecular weight excluding hydrogens is 356 g/mol. The Morgan fingerprint density at radius 2 is 1.75 bits per heavy atom. The third-order valence-corrected chi connectivity index (χ3v) is 3.82. The van der Waals surface area contributed by atoms with Crippen molar-refractivity contribution >= 4 is 28.9 Å². The molecule has 0 radical (unpaired) electrons. The van der Waals surface area contributed by atoms with Crippen LogP contribution < -0.4 is 20.7 Å². The van der Waals surface area contributed by atoms with Crippen LogP contribution in [0.2, 0.25) is 0 Å². The van der Waals surface area contributed by atoms with Crippen molar-refractivity contribution in [3.63, 3.8) is 0 Å². The van der Waals surface area contributed by atoms with E-state index in [-0.39, 0.29) is 5.91 Å². The second-order valence-corrected chi connectivity index (χ2v) is 5.96. The van der Waals surface area contributed by atoms with Crippen molar-refractivity contribution in [1.29, 1.82) is 0 Å². The third-order valence-electron chi connectivity index (χ3n) is 3.82. The van der Waals surface area contributed by atoms with E-state index < -0.39 is 0 Å². The van der Waals surface area contributed by atoms with Gasteiger partial charge in [0.05, 0.1) is 12.7 Å². The van der Waals surface area contributed by atoms with Crippen LogP contribution in [0, 0.1) is 6.92 Å². The van der Waals surface area contributed by atoms with Crippen LogP contribution in [0.5, 0.6) is 5.88 Å². The number of carbonyl (C=O) groups excluding carboxylic acids is 1. The van der Waals surface area contributed by atoms with E-state index in [2.05, 4.69) is 30.9 Å². The number of pyridine rings is 1. The Labute approximate surface area is 163 Å². The number of hydrogen-bond acceptors (Lipinski definition) is 7. The van der Waals surface area contributed by atoms with Crippen LogP contribution in [-0.4, -0.2) is 34.5 Å². The van der Waals surface area contributed by atoms with Crippen molar-refractivity contribution in [1.82, 2.24) is 15.0 Å². The lowest BCUT2D eigenvalue weighted by atomic mass is 10.2. The number of methoxy groups -OCH3 is 1. The number of carbonyl (C=O) groups is 1. The molecule has 28 heavy (non-hydrogen) atoms. The van der Waals surface area contributed by atoms with Crippen LogP contribution >= 0.6 is 0 Å². The molecular formula is C20H22N6O2. The SMILES string of the molecule is CCNc1cc(Nc2ccc(NC(=O)c3ccc(OC)nc3)cc2)nc(C)n1. The molecule has 3 N–H and O–H groups in total. The number of benzene rings is 1. The number of hydrogen-bond donors (Lipinski definition) is 3. The Kier molecular flexibility index (Phi) is 6.01. The normalized spacial score (nSPS) is 10.2. The van der Waals surface area contributed by atoms with Gasteiger partial charge in [-0.2, -0.15) is 0 Å². The van der Waals surface area contributed by atoms with Crippen molar-refractivity contribution in [3.8, 4) is 5.88 Å². The lowest BCUT2D eigenvalue weighted by Crippen LogP contribution is -2.12. The number of nitrogens with zero attached hydrogens (tertiary/aromatic N) is 3. The minimum Gasteiger partial charge on any atom is -0.481 e. The molecule has 3 aromatic rings. The van der Waals surface area contributed by atoms with Crippen LogP contribution in [0.25, 0.3) is 0 Å². The van der Waals surface area contributed by atoms with Gasteiger partial charge >= 0.3 is 0 Å². The van der Waals surface area contributed by atoms with E-state index in [9.17, 15) is 4.79 Å². The molecule has 0 aliphatic heterocycles. The van der Waals surface area contributed by atoms with Crippen LogP contribution in [-0.2, 0) is 0 Å². The standard InChI is InChI=1S/C20H22N6O2/c1-4-21-17-11-18(24-13(2)23-17)25-15-6-8-16(9-7-15)26-20(27)14-5-10-19(28-3)22-12-14/h5-12H,4H2,1-3H3,(H,26,27)(H2,21,23,24,25). The molecule has 2 aromatic heterocycles. The Balaban J connectivity index is 1.65. The van der Waals surface area contributed by atoms with E-state index in [0.717, 1.165) is 18.1 Å². The highest BCUT2D eigenvalue weighted by atomic mass is 16.5. The van der Waals surface area contributed by atoms with Crippen LogP contribution in [0.1, 0.15) is 23.1 Å². The van der Waals surface area contributed by atoms with E-state index in [4.69, 9.17) is 4.74 Å². The van der Waals surface area contributed by atoms with E-state index in [1.807, 2.05) is 44.2 Å². The van der Waals surface area contributed by atoms with Gasteiger partial charge in [-0.1, -0.05) is 0 Å². The summed E-state index contributed by atoms with van der Waals surface area (Å²) in [4.78, 5) is 25.0. The number of amides is 1. The van der Waals surface area contributed by atoms with E-state index in [1.54, 1.807) is 12.1 Å². The molecule has 2 heterocycles. The Bertz CT molecular complexity index is 942. The molecule has 0 atom stereocenters. The zero-order valence-corrected chi connectivity index (χ0v) is 16.0. The molecule has 1 aromatic carbocycles. The number of rotatable bonds is 7. The first kappa shape index (κ1) is 19.1. The molecule has 144 valence electrons. The summed E-state index contributed by atoms with van der Waals surface area (Å²) in [5, 5.41) is 9.26. The highest BCUT2D eigenvalue weighted by Crippen LogP contribution is 2.20. The maximum atomic E-state index is 12.3. The van der Waals surface area contributed by atoms with Crippen molar-refractivity contribution in [2.24, 2.45) is 0 Å². The molecule has 8 heteroatoms. The fourth-order valence-electron chi connectivity index (χ4n) is 2.53. The summed E-state index contributed by atoms with van der Waals surface area (Å²) in [7, 11) is 1.53. The van der Waals surface area contributed by atoms with Gasteiger partial charge in [-0.15, -0.1) is 0 Å². The van der Waals surface area contributed by atoms with Crippen molar-refractivity contribution in [2.75, 3.05) is 29.6 Å². The highest BCUT2D eigenvalue weighted by molar-refractivity contribution is 6.04. The maximum Gasteiger partial charge on any atom is 0.257 e. The lowest BCUT2D eigenvalue weighted by molar-refractivity contribution is 0.102. The smallest absolute Gasteiger partial charge is 0.257 e. The molecule has 0 fully saturated rings. The third kappa shape index (κ3) is 4.94. The number of nitrogens with one attached hydrogen (secondary N) is 3. The zero-order chi connectivity index (χ0) is 19.9. The average molecular weight is 378 g/mol. The van der Waals surface area contributed by atoms with E-state index >= 15 is 0 Å². The highest BCUT2D eigenvalue weighted by Gasteiger charge is 2.07. The summed E-state index contributed by atoms with van der Waals surface area (Å²) in [6.07, 6.45) is 1.48. The van der Waals surface area contributed by atoms with Crippen molar-refractivity contribution < 1.29 is 9.53 Å². The van der Waals surface area contributed by atoms with Gasteiger partial charge < -0.3 is 20.7 Å². The first-order valence-electron chi connectivity index (χ1n) is 8.85. The molecule has 0 unspecified atom stereocenters. The largest absolute Gasteiger partial charge is 0.481 e. The Hall–Kier alpha value is -3.68. The van der Waals surface area contributed by atoms with Gasteiger partial charge in [-0.05, 0) is 44.2 Å². The van der Waals surface area contributed by atoms with Gasteiger partial charge in [0.15, 0.2) is 0 Å². The predicted molar refractivity (Wildman–Crippen MR) is 109 cm³/mol. The van der Waals surface area contributed by atoms with Gasteiger partial charge in [-0.3, -0.25) is 4.79 Å². The summed E-state index contributed by atoms with van der Waals surface area (Å²) in [5.74, 6) is 2.37. The van der Waals surface area contributed by atoms with Gasteiger partial charge in [0, 0.05) is 36.2 Å². The second-order valence-electron chi connectivity index (χ2n) is 5.96. The predicted octanol–water partition coefficient (Wildman–Crippen LogP) is 3.62. The average Bonchev–Trinajstić information content (AvgIpc) is 2.69. The molecule has 1 amide bonds. The van der Waals surface area contributed by atoms with Gasteiger partial charge in [0.1, 0.15) is 17.5 Å². The summed E-state index contributed by atoms with van der Waals surface area (Å²) in [6, 6.07) is 12.5. The first-order chi connectivity index (χ1) is 13.6. The number of aryl methyl sites for hydroxylation is 1. The summed E-state index contributed by atoms with van der Waals surface area (Å²) in [6.45, 7) is 4.65. The van der Waals surface area contributed by atoms with Gasteiger partial charge in [0.25, 0.3) is 5.91 Å². The van der Waals surface area contributed by atoms with Crippen LogP contribution in [0.15, 0.2) is 48.7 Å². The quantitative estimate of drug-likeness (QED) is 0.577. The molecule has 0 aliphatic rings.